The van der Waals surface area contributed by atoms with Gasteiger partial charge in [-0.2, -0.15) is 0 Å². The third kappa shape index (κ3) is 2.61. The van der Waals surface area contributed by atoms with Gasteiger partial charge in [0.05, 0.1) is 26.4 Å². The van der Waals surface area contributed by atoms with Crippen LogP contribution in [0.4, 0.5) is 0 Å². The molecule has 7 rings (SSSR count). The summed E-state index contributed by atoms with van der Waals surface area (Å²) in [5.74, 6) is 0. The second-order valence-corrected chi connectivity index (χ2v) is 10.2. The van der Waals surface area contributed by atoms with Crippen molar-refractivity contribution in [3.63, 3.8) is 0 Å². The van der Waals surface area contributed by atoms with Crippen molar-refractivity contribution in [2.24, 2.45) is 0 Å². The van der Waals surface area contributed by atoms with Gasteiger partial charge in [0.15, 0.2) is 0 Å². The molecule has 2 spiro atoms. The number of rotatable bonds is 0. The lowest BCUT2D eigenvalue weighted by atomic mass is 9.95. The van der Waals surface area contributed by atoms with Crippen molar-refractivity contribution >= 4 is 21.5 Å². The van der Waals surface area contributed by atoms with Crippen LogP contribution in [0.3, 0.4) is 0 Å². The SMILES string of the molecule is c1cc2cc3c(cc2c2cc4c(cc12)C[N+]1(CCOCC1)C4)C[N+]1(CCOCC1)C3. The minimum atomic E-state index is 0.910. The normalized spacial score (nSPS) is 24.0. The van der Waals surface area contributed by atoms with Gasteiger partial charge in [0.2, 0.25) is 0 Å². The van der Waals surface area contributed by atoms with Crippen molar-refractivity contribution in [3.05, 3.63) is 58.7 Å². The largest absolute Gasteiger partial charge is 0.370 e. The van der Waals surface area contributed by atoms with Gasteiger partial charge in [-0.15, -0.1) is 0 Å². The minimum Gasteiger partial charge on any atom is -0.370 e. The molecule has 0 aliphatic carbocycles. The van der Waals surface area contributed by atoms with Crippen LogP contribution >= 0.6 is 0 Å². The number of benzene rings is 3. The van der Waals surface area contributed by atoms with Crippen LogP contribution in [-0.2, 0) is 35.7 Å². The summed E-state index contributed by atoms with van der Waals surface area (Å²) in [4.78, 5) is 0. The predicted molar refractivity (Wildman–Crippen MR) is 118 cm³/mol. The van der Waals surface area contributed by atoms with E-state index < -0.39 is 0 Å². The summed E-state index contributed by atoms with van der Waals surface area (Å²) < 4.78 is 13.7. The van der Waals surface area contributed by atoms with Gasteiger partial charge in [0.1, 0.15) is 52.4 Å². The average molecular weight is 403 g/mol. The topological polar surface area (TPSA) is 18.5 Å². The highest BCUT2D eigenvalue weighted by Crippen LogP contribution is 2.39. The van der Waals surface area contributed by atoms with Gasteiger partial charge in [-0.3, -0.25) is 0 Å². The standard InChI is InChI=1S/C26H30N2O2/c1-2-20-12-22-16-28(5-9-30-10-6-28)18-24(22)14-26(20)25-13-23-17-27(3-7-29-8-4-27)15-21(23)11-19(1)25/h1-2,11-14H,3-10,15-18H2/q+2. The fraction of sp³-hybridized carbons (Fsp3) is 0.462. The van der Waals surface area contributed by atoms with Gasteiger partial charge in [-0.05, 0) is 45.8 Å². The second-order valence-electron chi connectivity index (χ2n) is 10.2. The Morgan fingerprint density at radius 2 is 0.867 bits per heavy atom. The van der Waals surface area contributed by atoms with E-state index in [-0.39, 0.29) is 0 Å². The molecule has 0 atom stereocenters. The number of quaternary nitrogens is 2. The zero-order chi connectivity index (χ0) is 19.8. The monoisotopic (exact) mass is 402 g/mol. The molecule has 2 saturated heterocycles. The van der Waals surface area contributed by atoms with Gasteiger partial charge >= 0.3 is 0 Å². The van der Waals surface area contributed by atoms with Crippen LogP contribution in [0, 0.1) is 0 Å². The fourth-order valence-corrected chi connectivity index (χ4v) is 6.58. The van der Waals surface area contributed by atoms with Gasteiger partial charge < -0.3 is 18.4 Å². The Hall–Kier alpha value is -1.98. The van der Waals surface area contributed by atoms with E-state index >= 15 is 0 Å². The molecule has 0 amide bonds. The Labute approximate surface area is 177 Å². The molecule has 3 aromatic rings. The van der Waals surface area contributed by atoms with Gasteiger partial charge in [-0.1, -0.05) is 12.1 Å². The molecule has 4 aliphatic rings. The predicted octanol–water partition coefficient (Wildman–Crippen LogP) is 3.71. The lowest BCUT2D eigenvalue weighted by molar-refractivity contribution is -0.953. The summed E-state index contributed by atoms with van der Waals surface area (Å²) in [6.45, 7) is 13.0. The van der Waals surface area contributed by atoms with Crippen LogP contribution in [0.25, 0.3) is 21.5 Å². The number of nitrogens with zero attached hydrogens (tertiary/aromatic N) is 2. The van der Waals surface area contributed by atoms with E-state index in [0.29, 0.717) is 0 Å². The number of ether oxygens (including phenoxy) is 2. The molecule has 4 aliphatic heterocycles. The molecule has 0 saturated carbocycles. The Bertz CT molecular complexity index is 1080. The maximum absolute atomic E-state index is 5.66. The van der Waals surface area contributed by atoms with E-state index in [2.05, 4.69) is 36.4 Å². The van der Waals surface area contributed by atoms with Crippen molar-refractivity contribution in [1.29, 1.82) is 0 Å². The van der Waals surface area contributed by atoms with Crippen LogP contribution in [0.2, 0.25) is 0 Å². The first kappa shape index (κ1) is 17.7. The molecule has 4 heteroatoms. The number of morpholine rings is 2. The van der Waals surface area contributed by atoms with Crippen LogP contribution in [0.1, 0.15) is 22.3 Å². The Morgan fingerprint density at radius 3 is 1.27 bits per heavy atom. The molecule has 154 valence electrons. The minimum absolute atomic E-state index is 0.910. The molecule has 4 nitrogen and oxygen atoms in total. The highest BCUT2D eigenvalue weighted by molar-refractivity contribution is 6.08. The Kier molecular flexibility index (Phi) is 3.69. The fourth-order valence-electron chi connectivity index (χ4n) is 6.58. The van der Waals surface area contributed by atoms with Gasteiger partial charge in [-0.25, -0.2) is 0 Å². The first-order valence-corrected chi connectivity index (χ1v) is 11.6. The summed E-state index contributed by atoms with van der Waals surface area (Å²) in [5, 5.41) is 5.70. The van der Waals surface area contributed by atoms with E-state index in [4.69, 9.17) is 9.47 Å². The molecule has 4 heterocycles. The zero-order valence-electron chi connectivity index (χ0n) is 17.7. The molecule has 0 bridgehead atoms. The van der Waals surface area contributed by atoms with Crippen molar-refractivity contribution in [2.75, 3.05) is 52.6 Å². The Balaban J connectivity index is 1.33. The lowest BCUT2D eigenvalue weighted by Gasteiger charge is -2.37. The first-order valence-electron chi connectivity index (χ1n) is 11.6. The molecule has 0 N–H and O–H groups in total. The maximum Gasteiger partial charge on any atom is 0.105 e. The summed E-state index contributed by atoms with van der Waals surface area (Å²) in [6.07, 6.45) is 0. The smallest absolute Gasteiger partial charge is 0.105 e. The first-order chi connectivity index (χ1) is 14.7. The second kappa shape index (κ2) is 6.27. The van der Waals surface area contributed by atoms with E-state index in [9.17, 15) is 0 Å². The maximum atomic E-state index is 5.66. The number of fused-ring (bicyclic) bond motifs is 5. The summed E-state index contributed by atoms with van der Waals surface area (Å²) in [5.41, 5.74) is 6.24. The molecule has 30 heavy (non-hydrogen) atoms. The third-order valence-electron chi connectivity index (χ3n) is 8.34. The third-order valence-corrected chi connectivity index (χ3v) is 8.34. The van der Waals surface area contributed by atoms with Gasteiger partial charge in [0.25, 0.3) is 0 Å². The van der Waals surface area contributed by atoms with E-state index in [1.165, 1.54) is 56.7 Å². The molecule has 0 unspecified atom stereocenters. The molecule has 3 aromatic carbocycles. The zero-order valence-corrected chi connectivity index (χ0v) is 17.7. The molecule has 2 fully saturated rings. The van der Waals surface area contributed by atoms with Crippen molar-refractivity contribution in [3.8, 4) is 0 Å². The molecular formula is C26H30N2O2+2. The lowest BCUT2D eigenvalue weighted by Crippen LogP contribution is -2.50. The molecule has 0 radical (unpaired) electrons. The highest BCUT2D eigenvalue weighted by Gasteiger charge is 2.39. The van der Waals surface area contributed by atoms with E-state index in [1.807, 2.05) is 0 Å². The quantitative estimate of drug-likeness (QED) is 0.422. The van der Waals surface area contributed by atoms with Crippen molar-refractivity contribution < 1.29 is 18.4 Å². The number of hydrogen-bond acceptors (Lipinski definition) is 2. The molecule has 0 aromatic heterocycles. The van der Waals surface area contributed by atoms with Crippen LogP contribution in [0.15, 0.2) is 36.4 Å². The molecular weight excluding hydrogens is 372 g/mol. The van der Waals surface area contributed by atoms with Crippen LogP contribution < -0.4 is 0 Å². The average Bonchev–Trinajstić information content (AvgIpc) is 3.27. The van der Waals surface area contributed by atoms with Crippen LogP contribution in [0.5, 0.6) is 0 Å². The Morgan fingerprint density at radius 1 is 0.500 bits per heavy atom. The number of hydrogen-bond donors (Lipinski definition) is 0. The van der Waals surface area contributed by atoms with E-state index in [1.54, 1.807) is 22.3 Å². The van der Waals surface area contributed by atoms with E-state index in [0.717, 1.165) is 52.6 Å². The van der Waals surface area contributed by atoms with Crippen LogP contribution in [-0.4, -0.2) is 61.6 Å². The summed E-state index contributed by atoms with van der Waals surface area (Å²) >= 11 is 0. The van der Waals surface area contributed by atoms with Crippen molar-refractivity contribution in [1.82, 2.24) is 0 Å². The van der Waals surface area contributed by atoms with Crippen molar-refractivity contribution in [2.45, 2.75) is 26.2 Å². The van der Waals surface area contributed by atoms with Gasteiger partial charge in [0, 0.05) is 22.3 Å². The summed E-state index contributed by atoms with van der Waals surface area (Å²) in [7, 11) is 0. The summed E-state index contributed by atoms with van der Waals surface area (Å²) in [6, 6.07) is 14.7. The highest BCUT2D eigenvalue weighted by atomic mass is 16.5.